The van der Waals surface area contributed by atoms with E-state index in [4.69, 9.17) is 9.47 Å². The number of esters is 1. The maximum atomic E-state index is 14.4. The molecule has 1 aliphatic carbocycles. The smallest absolute Gasteiger partial charge is 0.348 e. The van der Waals surface area contributed by atoms with Crippen molar-refractivity contribution in [3.63, 3.8) is 0 Å². The van der Waals surface area contributed by atoms with E-state index in [0.29, 0.717) is 21.6 Å². The molecule has 2 aromatic rings. The molecule has 1 heterocycles. The van der Waals surface area contributed by atoms with Crippen molar-refractivity contribution < 1.29 is 18.7 Å². The minimum absolute atomic E-state index is 0.00495. The van der Waals surface area contributed by atoms with Crippen molar-refractivity contribution in [1.82, 2.24) is 0 Å². The van der Waals surface area contributed by atoms with Crippen LogP contribution in [0.2, 0.25) is 0 Å². The molecular weight excluding hydrogens is 339 g/mol. The summed E-state index contributed by atoms with van der Waals surface area (Å²) >= 11 is 1.14. The van der Waals surface area contributed by atoms with E-state index < -0.39 is 5.82 Å². The van der Waals surface area contributed by atoms with Crippen molar-refractivity contribution >= 4 is 27.4 Å². The summed E-state index contributed by atoms with van der Waals surface area (Å²) in [4.78, 5) is 12.9. The normalized spacial score (nSPS) is 20.6. The first-order valence-electron chi connectivity index (χ1n) is 9.18. The Balaban J connectivity index is 1.67. The molecule has 0 spiro atoms. The summed E-state index contributed by atoms with van der Waals surface area (Å²) in [5, 5.41) is 0.713. The van der Waals surface area contributed by atoms with E-state index in [1.165, 1.54) is 12.8 Å². The topological polar surface area (TPSA) is 35.5 Å². The van der Waals surface area contributed by atoms with Gasteiger partial charge in [-0.25, -0.2) is 9.18 Å². The van der Waals surface area contributed by atoms with Crippen molar-refractivity contribution in [2.45, 2.75) is 58.5 Å². The third-order valence-corrected chi connectivity index (χ3v) is 5.98. The van der Waals surface area contributed by atoms with Gasteiger partial charge in [0.2, 0.25) is 0 Å². The van der Waals surface area contributed by atoms with Gasteiger partial charge >= 0.3 is 5.97 Å². The zero-order valence-electron chi connectivity index (χ0n) is 14.8. The fourth-order valence-corrected chi connectivity index (χ4v) is 4.55. The molecule has 3 nitrogen and oxygen atoms in total. The van der Waals surface area contributed by atoms with Crippen molar-refractivity contribution in [2.75, 3.05) is 6.61 Å². The first-order chi connectivity index (χ1) is 12.1. The summed E-state index contributed by atoms with van der Waals surface area (Å²) in [6, 6.07) is 5.11. The van der Waals surface area contributed by atoms with Crippen molar-refractivity contribution in [1.29, 1.82) is 0 Å². The Hall–Kier alpha value is -1.62. The molecule has 3 rings (SSSR count). The molecule has 0 radical (unpaired) electrons. The number of carbonyl (C=O) groups is 1. The Morgan fingerprint density at radius 1 is 1.24 bits per heavy atom. The summed E-state index contributed by atoms with van der Waals surface area (Å²) in [5.41, 5.74) is 0. The molecule has 1 saturated carbocycles. The van der Waals surface area contributed by atoms with Crippen molar-refractivity contribution in [2.24, 2.45) is 5.92 Å². The molecule has 1 aromatic carbocycles. The molecule has 0 amide bonds. The Morgan fingerprint density at radius 3 is 2.68 bits per heavy atom. The standard InChI is InChI=1S/C20H25FO3S/c1-3-5-13-6-9-15(10-7-13)24-20(22)17-12-14-8-11-16(23-4-2)18(21)19(14)25-17/h8,11-13,15H,3-7,9-10H2,1-2H3. The molecule has 1 aromatic heterocycles. The first kappa shape index (κ1) is 18.2. The van der Waals surface area contributed by atoms with Gasteiger partial charge in [-0.15, -0.1) is 11.3 Å². The van der Waals surface area contributed by atoms with E-state index in [2.05, 4.69) is 6.92 Å². The van der Waals surface area contributed by atoms with Crippen molar-refractivity contribution in [3.8, 4) is 5.75 Å². The zero-order chi connectivity index (χ0) is 17.8. The van der Waals surface area contributed by atoms with E-state index in [1.54, 1.807) is 18.2 Å². The molecule has 0 atom stereocenters. The highest BCUT2D eigenvalue weighted by Crippen LogP contribution is 2.35. The van der Waals surface area contributed by atoms with Crippen LogP contribution in [-0.2, 0) is 4.74 Å². The van der Waals surface area contributed by atoms with E-state index in [-0.39, 0.29) is 17.8 Å². The number of benzene rings is 1. The molecule has 0 aliphatic heterocycles. The van der Waals surface area contributed by atoms with Crippen molar-refractivity contribution in [3.05, 3.63) is 28.9 Å². The van der Waals surface area contributed by atoms with Gasteiger partial charge in [-0.3, -0.25) is 0 Å². The van der Waals surface area contributed by atoms with Gasteiger partial charge in [-0.05, 0) is 62.1 Å². The van der Waals surface area contributed by atoms with Gasteiger partial charge < -0.3 is 9.47 Å². The number of carbonyl (C=O) groups excluding carboxylic acids is 1. The minimum Gasteiger partial charge on any atom is -0.491 e. The number of fused-ring (bicyclic) bond motifs is 1. The van der Waals surface area contributed by atoms with Gasteiger partial charge in [-0.2, -0.15) is 0 Å². The van der Waals surface area contributed by atoms with Crippen LogP contribution in [0.5, 0.6) is 5.75 Å². The Bertz CT molecular complexity index is 732. The van der Waals surface area contributed by atoms with Gasteiger partial charge in [0.15, 0.2) is 11.6 Å². The fraction of sp³-hybridized carbons (Fsp3) is 0.550. The highest BCUT2D eigenvalue weighted by atomic mass is 32.1. The predicted octanol–water partition coefficient (Wildman–Crippen LogP) is 5.95. The summed E-state index contributed by atoms with van der Waals surface area (Å²) in [6.45, 7) is 4.43. The Morgan fingerprint density at radius 2 is 2.00 bits per heavy atom. The van der Waals surface area contributed by atoms with Crippen LogP contribution in [0.3, 0.4) is 0 Å². The summed E-state index contributed by atoms with van der Waals surface area (Å²) < 4.78 is 25.8. The quantitative estimate of drug-likeness (QED) is 0.594. The number of halogens is 1. The summed E-state index contributed by atoms with van der Waals surface area (Å²) in [6.07, 6.45) is 6.60. The minimum atomic E-state index is -0.400. The Kier molecular flexibility index (Phi) is 5.94. The third kappa shape index (κ3) is 4.14. The largest absolute Gasteiger partial charge is 0.491 e. The molecule has 0 unspecified atom stereocenters. The maximum absolute atomic E-state index is 14.4. The molecular formula is C20H25FO3S. The molecule has 25 heavy (non-hydrogen) atoms. The lowest BCUT2D eigenvalue weighted by atomic mass is 9.85. The van der Waals surface area contributed by atoms with Gasteiger partial charge in [0.1, 0.15) is 11.0 Å². The van der Waals surface area contributed by atoms with Crippen LogP contribution in [0.25, 0.3) is 10.1 Å². The number of rotatable bonds is 6. The van der Waals surface area contributed by atoms with Crippen LogP contribution < -0.4 is 4.74 Å². The highest BCUT2D eigenvalue weighted by molar-refractivity contribution is 7.20. The van der Waals surface area contributed by atoms with Crippen LogP contribution in [0.4, 0.5) is 4.39 Å². The van der Waals surface area contributed by atoms with Crippen LogP contribution in [0.15, 0.2) is 18.2 Å². The van der Waals surface area contributed by atoms with Gasteiger partial charge in [-0.1, -0.05) is 19.8 Å². The average Bonchev–Trinajstić information content (AvgIpc) is 3.05. The molecule has 0 saturated heterocycles. The Labute approximate surface area is 152 Å². The van der Waals surface area contributed by atoms with E-state index in [9.17, 15) is 9.18 Å². The van der Waals surface area contributed by atoms with E-state index in [1.807, 2.05) is 6.92 Å². The van der Waals surface area contributed by atoms with Gasteiger partial charge in [0.25, 0.3) is 0 Å². The second-order valence-corrected chi connectivity index (χ2v) is 7.73. The predicted molar refractivity (Wildman–Crippen MR) is 99.0 cm³/mol. The number of thiophene rings is 1. The highest BCUT2D eigenvalue weighted by Gasteiger charge is 2.25. The maximum Gasteiger partial charge on any atom is 0.348 e. The van der Waals surface area contributed by atoms with E-state index >= 15 is 0 Å². The molecule has 1 aliphatic rings. The van der Waals surface area contributed by atoms with Crippen LogP contribution in [0.1, 0.15) is 62.0 Å². The lowest BCUT2D eigenvalue weighted by Crippen LogP contribution is -2.24. The fourth-order valence-electron chi connectivity index (χ4n) is 3.57. The van der Waals surface area contributed by atoms with Crippen LogP contribution in [-0.4, -0.2) is 18.7 Å². The van der Waals surface area contributed by atoms with E-state index in [0.717, 1.165) is 42.9 Å². The molecule has 5 heteroatoms. The lowest BCUT2D eigenvalue weighted by molar-refractivity contribution is 0.0167. The van der Waals surface area contributed by atoms with Gasteiger partial charge in [0, 0.05) is 0 Å². The molecule has 1 fully saturated rings. The lowest BCUT2D eigenvalue weighted by Gasteiger charge is -2.27. The average molecular weight is 364 g/mol. The molecule has 0 bridgehead atoms. The monoisotopic (exact) mass is 364 g/mol. The third-order valence-electron chi connectivity index (χ3n) is 4.86. The SMILES string of the molecule is CCCC1CCC(OC(=O)c2cc3ccc(OCC)c(F)c3s2)CC1. The number of ether oxygens (including phenoxy) is 2. The molecule has 0 N–H and O–H groups in total. The second kappa shape index (κ2) is 8.17. The number of hydrogen-bond acceptors (Lipinski definition) is 4. The first-order valence-corrected chi connectivity index (χ1v) is 9.99. The molecule has 136 valence electrons. The summed E-state index contributed by atoms with van der Waals surface area (Å²) in [7, 11) is 0. The van der Waals surface area contributed by atoms with Gasteiger partial charge in [0.05, 0.1) is 11.3 Å². The van der Waals surface area contributed by atoms with Crippen LogP contribution >= 0.6 is 11.3 Å². The number of hydrogen-bond donors (Lipinski definition) is 0. The zero-order valence-corrected chi connectivity index (χ0v) is 15.7. The summed E-state index contributed by atoms with van der Waals surface area (Å²) in [5.74, 6) is 0.266. The van der Waals surface area contributed by atoms with Crippen LogP contribution in [0, 0.1) is 11.7 Å². The second-order valence-electron chi connectivity index (χ2n) is 6.68.